The number of amides is 1. The molecule has 0 aliphatic rings. The highest BCUT2D eigenvalue weighted by Crippen LogP contribution is 2.26. The van der Waals surface area contributed by atoms with Crippen LogP contribution < -0.4 is 5.32 Å². The molecule has 3 rings (SSSR count). The first-order valence-corrected chi connectivity index (χ1v) is 9.93. The van der Waals surface area contributed by atoms with Crippen LogP contribution in [0.2, 0.25) is 0 Å². The van der Waals surface area contributed by atoms with Crippen molar-refractivity contribution < 1.29 is 4.79 Å². The van der Waals surface area contributed by atoms with Crippen molar-refractivity contribution in [3.63, 3.8) is 0 Å². The lowest BCUT2D eigenvalue weighted by atomic mass is 10.1. The summed E-state index contributed by atoms with van der Waals surface area (Å²) in [6.45, 7) is 8.19. The van der Waals surface area contributed by atoms with Gasteiger partial charge in [-0.2, -0.15) is 16.4 Å². The Labute approximate surface area is 155 Å². The van der Waals surface area contributed by atoms with E-state index in [1.807, 2.05) is 26.8 Å². The fourth-order valence-electron chi connectivity index (χ4n) is 2.70. The van der Waals surface area contributed by atoms with Gasteiger partial charge in [-0.25, -0.2) is 4.98 Å². The summed E-state index contributed by atoms with van der Waals surface area (Å²) < 4.78 is 1.74. The normalized spacial score (nSPS) is 12.3. The molecule has 0 saturated carbocycles. The lowest BCUT2D eigenvalue weighted by Gasteiger charge is -2.16. The minimum atomic E-state index is -0.114. The number of carbonyl (C=O) groups is 1. The molecule has 0 saturated heterocycles. The summed E-state index contributed by atoms with van der Waals surface area (Å²) >= 11 is 3.32. The average molecular weight is 375 g/mol. The van der Waals surface area contributed by atoms with Gasteiger partial charge in [-0.15, -0.1) is 11.3 Å². The zero-order valence-electron chi connectivity index (χ0n) is 14.9. The van der Waals surface area contributed by atoms with Crippen molar-refractivity contribution in [1.29, 1.82) is 0 Å². The largest absolute Gasteiger partial charge is 0.345 e. The highest BCUT2D eigenvalue weighted by molar-refractivity contribution is 7.11. The van der Waals surface area contributed by atoms with Crippen molar-refractivity contribution in [1.82, 2.24) is 20.1 Å². The maximum Gasteiger partial charge on any atom is 0.242 e. The Morgan fingerprint density at radius 3 is 2.68 bits per heavy atom. The van der Waals surface area contributed by atoms with Crippen LogP contribution >= 0.6 is 22.7 Å². The first-order valence-electron chi connectivity index (χ1n) is 8.18. The molecule has 0 fully saturated rings. The fraction of sp³-hybridized carbons (Fsp3) is 0.389. The molecule has 25 heavy (non-hydrogen) atoms. The number of aryl methyl sites for hydroxylation is 4. The highest BCUT2D eigenvalue weighted by Gasteiger charge is 2.20. The lowest BCUT2D eigenvalue weighted by Crippen LogP contribution is -2.33. The summed E-state index contributed by atoms with van der Waals surface area (Å²) in [5.41, 5.74) is 4.16. The van der Waals surface area contributed by atoms with E-state index in [1.54, 1.807) is 27.4 Å². The number of thiazole rings is 1. The van der Waals surface area contributed by atoms with Gasteiger partial charge in [-0.05, 0) is 56.2 Å². The lowest BCUT2D eigenvalue weighted by molar-refractivity contribution is -0.122. The number of hydrogen-bond acceptors (Lipinski definition) is 5. The molecular weight excluding hydrogens is 352 g/mol. The minimum absolute atomic E-state index is 0.0445. The Bertz CT molecular complexity index is 844. The molecule has 3 heterocycles. The maximum atomic E-state index is 12.6. The summed E-state index contributed by atoms with van der Waals surface area (Å²) in [7, 11) is 0. The molecular formula is C18H22N4OS2. The van der Waals surface area contributed by atoms with Gasteiger partial charge in [0.2, 0.25) is 5.91 Å². The van der Waals surface area contributed by atoms with E-state index in [9.17, 15) is 4.79 Å². The molecule has 3 aromatic heterocycles. The van der Waals surface area contributed by atoms with Crippen LogP contribution in [-0.4, -0.2) is 20.7 Å². The molecule has 0 spiro atoms. The number of nitrogens with zero attached hydrogens (tertiary/aromatic N) is 3. The number of carbonyl (C=O) groups excluding carboxylic acids is 1. The molecule has 5 nitrogen and oxygen atoms in total. The number of nitrogens with one attached hydrogen (secondary N) is 1. The molecule has 0 radical (unpaired) electrons. The minimum Gasteiger partial charge on any atom is -0.345 e. The predicted octanol–water partition coefficient (Wildman–Crippen LogP) is 3.73. The van der Waals surface area contributed by atoms with Crippen molar-refractivity contribution in [2.45, 2.75) is 46.7 Å². The zero-order chi connectivity index (χ0) is 18.0. The second-order valence-electron chi connectivity index (χ2n) is 6.23. The first-order chi connectivity index (χ1) is 11.9. The standard InChI is InChI=1S/C18H22N4OS2/c1-11-7-12(2)22(21-11)9-17(23)20-16(8-15-5-6-24-10-15)18-19-13(3)14(4)25-18/h5-7,10,16H,8-9H2,1-4H3,(H,20,23)/t16-/m0/s1. The van der Waals surface area contributed by atoms with Crippen LogP contribution in [0.3, 0.4) is 0 Å². The van der Waals surface area contributed by atoms with Crippen LogP contribution in [0, 0.1) is 27.7 Å². The molecule has 1 amide bonds. The Kier molecular flexibility index (Phi) is 5.34. The quantitative estimate of drug-likeness (QED) is 0.715. The fourth-order valence-corrected chi connectivity index (χ4v) is 4.36. The van der Waals surface area contributed by atoms with Crippen molar-refractivity contribution >= 4 is 28.6 Å². The Morgan fingerprint density at radius 2 is 2.12 bits per heavy atom. The van der Waals surface area contributed by atoms with E-state index in [0.717, 1.165) is 28.5 Å². The monoisotopic (exact) mass is 374 g/mol. The van der Waals surface area contributed by atoms with E-state index in [2.05, 4.69) is 39.1 Å². The van der Waals surface area contributed by atoms with Crippen molar-refractivity contribution in [2.75, 3.05) is 0 Å². The van der Waals surface area contributed by atoms with E-state index in [-0.39, 0.29) is 18.5 Å². The van der Waals surface area contributed by atoms with Crippen LogP contribution in [0.15, 0.2) is 22.9 Å². The summed E-state index contributed by atoms with van der Waals surface area (Å²) in [6.07, 6.45) is 0.749. The summed E-state index contributed by atoms with van der Waals surface area (Å²) in [6, 6.07) is 3.96. The molecule has 7 heteroatoms. The van der Waals surface area contributed by atoms with Gasteiger partial charge in [0, 0.05) is 17.0 Å². The molecule has 3 aromatic rings. The molecule has 132 valence electrons. The number of hydrogen-bond donors (Lipinski definition) is 1. The molecule has 0 aliphatic carbocycles. The average Bonchev–Trinajstić information content (AvgIpc) is 3.23. The summed E-state index contributed by atoms with van der Waals surface area (Å²) in [5.74, 6) is -0.0445. The van der Waals surface area contributed by atoms with E-state index in [0.29, 0.717) is 0 Å². The molecule has 0 unspecified atom stereocenters. The predicted molar refractivity (Wildman–Crippen MR) is 102 cm³/mol. The maximum absolute atomic E-state index is 12.6. The third kappa shape index (κ3) is 4.35. The third-order valence-corrected chi connectivity index (χ3v) is 6.01. The van der Waals surface area contributed by atoms with E-state index in [4.69, 9.17) is 0 Å². The molecule has 0 bridgehead atoms. The van der Waals surface area contributed by atoms with Crippen molar-refractivity contribution in [3.05, 3.63) is 55.4 Å². The van der Waals surface area contributed by atoms with Gasteiger partial charge >= 0.3 is 0 Å². The second kappa shape index (κ2) is 7.49. The van der Waals surface area contributed by atoms with Gasteiger partial charge in [0.25, 0.3) is 0 Å². The van der Waals surface area contributed by atoms with E-state index < -0.39 is 0 Å². The Morgan fingerprint density at radius 1 is 1.32 bits per heavy atom. The molecule has 1 N–H and O–H groups in total. The van der Waals surface area contributed by atoms with Gasteiger partial charge in [0.1, 0.15) is 11.6 Å². The molecule has 0 aliphatic heterocycles. The van der Waals surface area contributed by atoms with Gasteiger partial charge in [0.15, 0.2) is 0 Å². The number of rotatable bonds is 6. The van der Waals surface area contributed by atoms with Gasteiger partial charge < -0.3 is 5.32 Å². The molecule has 0 aromatic carbocycles. The molecule has 1 atom stereocenters. The van der Waals surface area contributed by atoms with Crippen LogP contribution in [-0.2, 0) is 17.8 Å². The topological polar surface area (TPSA) is 59.8 Å². The van der Waals surface area contributed by atoms with Gasteiger partial charge in [-0.1, -0.05) is 0 Å². The second-order valence-corrected chi connectivity index (χ2v) is 8.25. The first kappa shape index (κ1) is 17.8. The highest BCUT2D eigenvalue weighted by atomic mass is 32.1. The van der Waals surface area contributed by atoms with E-state index >= 15 is 0 Å². The van der Waals surface area contributed by atoms with Crippen molar-refractivity contribution in [2.24, 2.45) is 0 Å². The number of aromatic nitrogens is 3. The van der Waals surface area contributed by atoms with Gasteiger partial charge in [-0.3, -0.25) is 9.48 Å². The van der Waals surface area contributed by atoms with Crippen molar-refractivity contribution in [3.8, 4) is 0 Å². The van der Waals surface area contributed by atoms with Crippen LogP contribution in [0.5, 0.6) is 0 Å². The number of thiophene rings is 1. The Balaban J connectivity index is 1.76. The van der Waals surface area contributed by atoms with E-state index in [1.165, 1.54) is 10.4 Å². The zero-order valence-corrected chi connectivity index (χ0v) is 16.5. The SMILES string of the molecule is Cc1cc(C)n(CC(=O)N[C@@H](Cc2ccsc2)c2nc(C)c(C)s2)n1. The summed E-state index contributed by atoms with van der Waals surface area (Å²) in [5, 5.41) is 12.7. The Hall–Kier alpha value is -1.99. The van der Waals surface area contributed by atoms with Crippen LogP contribution in [0.4, 0.5) is 0 Å². The smallest absolute Gasteiger partial charge is 0.242 e. The van der Waals surface area contributed by atoms with Crippen LogP contribution in [0.1, 0.15) is 38.6 Å². The van der Waals surface area contributed by atoms with Crippen LogP contribution in [0.25, 0.3) is 0 Å². The van der Waals surface area contributed by atoms with Gasteiger partial charge in [0.05, 0.1) is 17.4 Å². The third-order valence-electron chi connectivity index (χ3n) is 4.10. The summed E-state index contributed by atoms with van der Waals surface area (Å²) in [4.78, 5) is 18.4.